The smallest absolute Gasteiger partial charge is 0.414 e. The minimum Gasteiger partial charge on any atom is -0.493 e. The molecule has 0 spiro atoms. The van der Waals surface area contributed by atoms with Gasteiger partial charge in [0.15, 0.2) is 11.5 Å². The molecule has 1 aliphatic rings. The molecule has 0 unspecified atom stereocenters. The van der Waals surface area contributed by atoms with E-state index >= 15 is 0 Å². The van der Waals surface area contributed by atoms with E-state index in [0.717, 1.165) is 11.1 Å². The first-order valence-corrected chi connectivity index (χ1v) is 11.1. The van der Waals surface area contributed by atoms with Crippen LogP contribution in [-0.2, 0) is 11.3 Å². The van der Waals surface area contributed by atoms with Gasteiger partial charge in [-0.1, -0.05) is 30.3 Å². The zero-order valence-electron chi connectivity index (χ0n) is 20.2. The number of benzene rings is 2. The summed E-state index contributed by atoms with van der Waals surface area (Å²) in [7, 11) is 6.61. The Morgan fingerprint density at radius 1 is 1.06 bits per heavy atom. The third kappa shape index (κ3) is 4.99. The Hall–Kier alpha value is -3.42. The number of hydrogen-bond donors (Lipinski definition) is 0. The van der Waals surface area contributed by atoms with Gasteiger partial charge in [-0.25, -0.2) is 9.59 Å². The van der Waals surface area contributed by atoms with Gasteiger partial charge in [0.05, 0.1) is 32.6 Å². The molecule has 0 saturated carbocycles. The molecule has 0 aliphatic carbocycles. The van der Waals surface area contributed by atoms with Crippen LogP contribution in [0.25, 0.3) is 0 Å². The van der Waals surface area contributed by atoms with Crippen LogP contribution in [0.4, 0.5) is 15.3 Å². The van der Waals surface area contributed by atoms with E-state index in [9.17, 15) is 9.59 Å². The first kappa shape index (κ1) is 24.2. The molecule has 0 N–H and O–H groups in total. The summed E-state index contributed by atoms with van der Waals surface area (Å²) in [5.74, 6) is 1.04. The molecule has 0 saturated heterocycles. The van der Waals surface area contributed by atoms with E-state index in [0.29, 0.717) is 30.2 Å². The SMILES string of the molecule is CCOC(=O)N1c2cc(OC)c(OC)cc2[C@@H](N(Cc2ccccc2)C(=O)N(C)C)C[C@H]1C. The molecule has 0 radical (unpaired) electrons. The number of methoxy groups -OCH3 is 2. The van der Waals surface area contributed by atoms with E-state index in [1.807, 2.05) is 48.2 Å². The Kier molecular flexibility index (Phi) is 7.68. The van der Waals surface area contributed by atoms with Gasteiger partial charge < -0.3 is 24.0 Å². The van der Waals surface area contributed by atoms with E-state index in [-0.39, 0.29) is 24.7 Å². The lowest BCUT2D eigenvalue weighted by atomic mass is 9.90. The zero-order valence-corrected chi connectivity index (χ0v) is 20.2. The molecule has 0 fully saturated rings. The van der Waals surface area contributed by atoms with Crippen molar-refractivity contribution in [3.05, 3.63) is 53.6 Å². The fourth-order valence-corrected chi connectivity index (χ4v) is 4.27. The highest BCUT2D eigenvalue weighted by atomic mass is 16.6. The first-order valence-electron chi connectivity index (χ1n) is 11.1. The van der Waals surface area contributed by atoms with Gasteiger partial charge in [0.2, 0.25) is 0 Å². The summed E-state index contributed by atoms with van der Waals surface area (Å²) < 4.78 is 16.4. The van der Waals surface area contributed by atoms with E-state index < -0.39 is 6.09 Å². The molecular weight excluding hydrogens is 422 g/mol. The van der Waals surface area contributed by atoms with Crippen molar-refractivity contribution in [3.8, 4) is 11.5 Å². The van der Waals surface area contributed by atoms with Crippen molar-refractivity contribution < 1.29 is 23.8 Å². The van der Waals surface area contributed by atoms with Crippen molar-refractivity contribution in [2.75, 3.05) is 39.8 Å². The molecule has 2 aromatic rings. The first-order chi connectivity index (χ1) is 15.8. The molecule has 33 heavy (non-hydrogen) atoms. The minimum absolute atomic E-state index is 0.110. The number of rotatable bonds is 6. The molecule has 0 bridgehead atoms. The molecule has 2 atom stereocenters. The Morgan fingerprint density at radius 3 is 2.27 bits per heavy atom. The summed E-state index contributed by atoms with van der Waals surface area (Å²) in [6.45, 7) is 4.45. The lowest BCUT2D eigenvalue weighted by Crippen LogP contribution is -2.49. The fourth-order valence-electron chi connectivity index (χ4n) is 4.27. The molecular formula is C25H33N3O5. The van der Waals surface area contributed by atoms with Crippen LogP contribution in [0.1, 0.15) is 37.4 Å². The summed E-state index contributed by atoms with van der Waals surface area (Å²) >= 11 is 0. The number of fused-ring (bicyclic) bond motifs is 1. The van der Waals surface area contributed by atoms with Crippen molar-refractivity contribution in [2.45, 2.75) is 38.9 Å². The van der Waals surface area contributed by atoms with Gasteiger partial charge in [-0.05, 0) is 31.9 Å². The maximum absolute atomic E-state index is 13.3. The van der Waals surface area contributed by atoms with Crippen LogP contribution in [0, 0.1) is 0 Å². The third-order valence-corrected chi connectivity index (χ3v) is 5.82. The average molecular weight is 456 g/mol. The number of carbonyl (C=O) groups is 2. The van der Waals surface area contributed by atoms with Crippen LogP contribution in [0.5, 0.6) is 11.5 Å². The highest BCUT2D eigenvalue weighted by molar-refractivity contribution is 5.91. The Bertz CT molecular complexity index is 980. The van der Waals surface area contributed by atoms with Gasteiger partial charge in [0.1, 0.15) is 0 Å². The van der Waals surface area contributed by atoms with Crippen LogP contribution >= 0.6 is 0 Å². The molecule has 2 aromatic carbocycles. The normalized spacial score (nSPS) is 17.1. The topological polar surface area (TPSA) is 71.5 Å². The van der Waals surface area contributed by atoms with Crippen LogP contribution < -0.4 is 14.4 Å². The quantitative estimate of drug-likeness (QED) is 0.632. The maximum Gasteiger partial charge on any atom is 0.414 e. The average Bonchev–Trinajstić information content (AvgIpc) is 2.81. The molecule has 8 nitrogen and oxygen atoms in total. The Morgan fingerprint density at radius 2 is 1.70 bits per heavy atom. The molecule has 178 valence electrons. The van der Waals surface area contributed by atoms with Crippen molar-refractivity contribution in [1.29, 1.82) is 0 Å². The van der Waals surface area contributed by atoms with Gasteiger partial charge in [-0.2, -0.15) is 0 Å². The number of hydrogen-bond acceptors (Lipinski definition) is 5. The summed E-state index contributed by atoms with van der Waals surface area (Å²) in [4.78, 5) is 31.3. The maximum atomic E-state index is 13.3. The number of urea groups is 1. The highest BCUT2D eigenvalue weighted by Gasteiger charge is 2.40. The van der Waals surface area contributed by atoms with Crippen molar-refractivity contribution in [2.24, 2.45) is 0 Å². The Labute approximate surface area is 195 Å². The zero-order chi connectivity index (χ0) is 24.1. The van der Waals surface area contributed by atoms with E-state index in [1.165, 1.54) is 0 Å². The Balaban J connectivity index is 2.16. The van der Waals surface area contributed by atoms with Gasteiger partial charge >= 0.3 is 12.1 Å². The van der Waals surface area contributed by atoms with Gasteiger partial charge in [-0.3, -0.25) is 4.90 Å². The summed E-state index contributed by atoms with van der Waals surface area (Å²) in [6.07, 6.45) is 0.124. The molecule has 8 heteroatoms. The van der Waals surface area contributed by atoms with E-state index in [1.54, 1.807) is 51.1 Å². The molecule has 1 aliphatic heterocycles. The molecule has 1 heterocycles. The number of amides is 3. The van der Waals surface area contributed by atoms with Crippen molar-refractivity contribution >= 4 is 17.8 Å². The van der Waals surface area contributed by atoms with Crippen molar-refractivity contribution in [1.82, 2.24) is 9.80 Å². The van der Waals surface area contributed by atoms with Gasteiger partial charge in [0, 0.05) is 38.3 Å². The van der Waals surface area contributed by atoms with Crippen molar-refractivity contribution in [3.63, 3.8) is 0 Å². The minimum atomic E-state index is -0.425. The lowest BCUT2D eigenvalue weighted by molar-refractivity contribution is 0.132. The summed E-state index contributed by atoms with van der Waals surface area (Å²) in [5, 5.41) is 0. The molecule has 0 aromatic heterocycles. The van der Waals surface area contributed by atoms with Crippen LogP contribution in [0.2, 0.25) is 0 Å². The largest absolute Gasteiger partial charge is 0.493 e. The number of anilines is 1. The fraction of sp³-hybridized carbons (Fsp3) is 0.440. The van der Waals surface area contributed by atoms with E-state index in [4.69, 9.17) is 14.2 Å². The molecule has 3 rings (SSSR count). The molecule has 3 amide bonds. The third-order valence-electron chi connectivity index (χ3n) is 5.82. The van der Waals surface area contributed by atoms with Gasteiger partial charge in [0.25, 0.3) is 0 Å². The predicted molar refractivity (Wildman–Crippen MR) is 127 cm³/mol. The van der Waals surface area contributed by atoms with Gasteiger partial charge in [-0.15, -0.1) is 0 Å². The second kappa shape index (κ2) is 10.5. The number of nitrogens with zero attached hydrogens (tertiary/aromatic N) is 3. The summed E-state index contributed by atoms with van der Waals surface area (Å²) in [6, 6.07) is 12.9. The standard InChI is InChI=1S/C25H33N3O5/c1-7-33-25(30)28-17(2)13-20(19-14-22(31-5)23(32-6)15-21(19)28)27(24(29)26(3)4)16-18-11-9-8-10-12-18/h8-12,14-15,17,20H,7,13,16H2,1-6H3/t17-,20+/m1/s1. The number of ether oxygens (including phenoxy) is 3. The van der Waals surface area contributed by atoms with Crippen LogP contribution in [0.3, 0.4) is 0 Å². The monoisotopic (exact) mass is 455 g/mol. The predicted octanol–water partition coefficient (Wildman–Crippen LogP) is 4.68. The van der Waals surface area contributed by atoms with Crippen LogP contribution in [0.15, 0.2) is 42.5 Å². The summed E-state index contributed by atoms with van der Waals surface area (Å²) in [5.41, 5.74) is 2.49. The second-order valence-corrected chi connectivity index (χ2v) is 8.23. The van der Waals surface area contributed by atoms with E-state index in [2.05, 4.69) is 0 Å². The van der Waals surface area contributed by atoms with Crippen LogP contribution in [-0.4, -0.2) is 62.9 Å². The second-order valence-electron chi connectivity index (χ2n) is 8.23. The highest BCUT2D eigenvalue weighted by Crippen LogP contribution is 2.46. The number of carbonyl (C=O) groups excluding carboxylic acids is 2. The lowest BCUT2D eigenvalue weighted by Gasteiger charge is -2.43.